The summed E-state index contributed by atoms with van der Waals surface area (Å²) >= 11 is 0. The number of ether oxygens (including phenoxy) is 1. The number of carbonyl (C=O) groups excluding carboxylic acids is 3. The topological polar surface area (TPSA) is 383 Å². The van der Waals surface area contributed by atoms with Crippen LogP contribution in [0.2, 0.25) is 0 Å². The zero-order valence-corrected chi connectivity index (χ0v) is 53.5. The molecular weight excluding hydrogens is 1110 g/mol. The summed E-state index contributed by atoms with van der Waals surface area (Å²) in [6.45, 7) is 2.53. The molecule has 76 heavy (non-hydrogen) atoms. The fourth-order valence-electron chi connectivity index (χ4n) is 6.62. The number of benzene rings is 7. The minimum atomic E-state index is -5.87. The van der Waals surface area contributed by atoms with Gasteiger partial charge in [0.25, 0.3) is 16.3 Å². The summed E-state index contributed by atoms with van der Waals surface area (Å²) in [4.78, 5) is 33.9. The quantitative estimate of drug-likeness (QED) is 0.0266. The molecule has 0 saturated carbocycles. The van der Waals surface area contributed by atoms with Gasteiger partial charge < -0.3 is 48.2 Å². The first-order chi connectivity index (χ1) is 33.5. The summed E-state index contributed by atoms with van der Waals surface area (Å²) in [6.07, 6.45) is 0. The number of rotatable bonds is 16. The van der Waals surface area contributed by atoms with Crippen LogP contribution < -0.4 is 172 Å². The van der Waals surface area contributed by atoms with E-state index in [0.29, 0.717) is 40.6 Å². The predicted octanol–water partition coefficient (Wildman–Crippen LogP) is -7.61. The number of phenols is 1. The molecular formula is C44H29N8Na5O16S3. The Kier molecular flexibility index (Phi) is 26.2. The van der Waals surface area contributed by atoms with Gasteiger partial charge in [-0.25, -0.2) is 25.3 Å². The van der Waals surface area contributed by atoms with E-state index in [0.717, 1.165) is 19.1 Å². The van der Waals surface area contributed by atoms with Crippen molar-refractivity contribution in [3.8, 4) is 17.2 Å². The van der Waals surface area contributed by atoms with Crippen molar-refractivity contribution in [3.63, 3.8) is 0 Å². The molecule has 24 nitrogen and oxygen atoms in total. The molecule has 0 atom stereocenters. The van der Waals surface area contributed by atoms with Gasteiger partial charge in [-0.2, -0.15) is 44.7 Å². The van der Waals surface area contributed by atoms with Crippen LogP contribution in [0.4, 0.5) is 45.5 Å². The number of carboxylic acid groups (broad SMARTS) is 1. The maximum atomic E-state index is 13.0. The van der Waals surface area contributed by atoms with E-state index in [-0.39, 0.29) is 188 Å². The van der Waals surface area contributed by atoms with Crippen LogP contribution in [0.3, 0.4) is 0 Å². The molecule has 0 heterocycles. The molecule has 0 unspecified atom stereocenters. The summed E-state index contributed by atoms with van der Waals surface area (Å²) < 4.78 is 121. The first-order valence-electron chi connectivity index (χ1n) is 19.9. The Balaban J connectivity index is 0.00000395. The number of fused-ring (bicyclic) bond motifs is 2. The van der Waals surface area contributed by atoms with Crippen LogP contribution in [0, 0.1) is 6.07 Å². The van der Waals surface area contributed by atoms with Crippen LogP contribution in [0.5, 0.6) is 17.2 Å². The maximum Gasteiger partial charge on any atom is 1.00 e. The van der Waals surface area contributed by atoms with Crippen molar-refractivity contribution in [1.29, 1.82) is 0 Å². The van der Waals surface area contributed by atoms with Crippen molar-refractivity contribution in [1.82, 2.24) is 0 Å². The number of carbonyl (C=O) groups is 3. The molecule has 0 aliphatic carbocycles. The van der Waals surface area contributed by atoms with Gasteiger partial charge in [0.1, 0.15) is 43.1 Å². The summed E-state index contributed by atoms with van der Waals surface area (Å²) in [5, 5.41) is 49.5. The van der Waals surface area contributed by atoms with Crippen molar-refractivity contribution >= 4 is 115 Å². The van der Waals surface area contributed by atoms with Crippen LogP contribution in [-0.4, -0.2) is 68.4 Å². The minimum Gasteiger partial charge on any atom is -0.744 e. The molecule has 0 bridgehead atoms. The number of anilines is 2. The molecule has 0 aliphatic heterocycles. The van der Waals surface area contributed by atoms with E-state index in [2.05, 4.69) is 51.6 Å². The van der Waals surface area contributed by atoms with Gasteiger partial charge in [-0.05, 0) is 103 Å². The minimum absolute atomic E-state index is 0. The number of azo groups is 3. The predicted molar refractivity (Wildman–Crippen MR) is 244 cm³/mol. The molecule has 32 heteroatoms. The molecule has 0 fully saturated rings. The van der Waals surface area contributed by atoms with Crippen molar-refractivity contribution < 1.29 is 220 Å². The molecule has 0 aromatic heterocycles. The average molecular weight is 1140 g/mol. The first kappa shape index (κ1) is 68.5. The van der Waals surface area contributed by atoms with E-state index in [1.54, 1.807) is 31.2 Å². The molecule has 7 aromatic carbocycles. The van der Waals surface area contributed by atoms with Gasteiger partial charge in [0.15, 0.2) is 5.75 Å². The second-order valence-electron chi connectivity index (χ2n) is 14.5. The molecule has 0 radical (unpaired) electrons. The van der Waals surface area contributed by atoms with E-state index < -0.39 is 97.4 Å². The first-order valence-corrected chi connectivity index (χ1v) is 24.0. The van der Waals surface area contributed by atoms with Gasteiger partial charge in [0, 0.05) is 29.4 Å². The number of carboxylic acids is 1. The number of amides is 2. The number of hydrogen-bond acceptors (Lipinski definition) is 22. The van der Waals surface area contributed by atoms with Crippen molar-refractivity contribution in [2.24, 2.45) is 30.7 Å². The van der Waals surface area contributed by atoms with E-state index in [1.165, 1.54) is 54.6 Å². The van der Waals surface area contributed by atoms with Gasteiger partial charge in [0.05, 0.1) is 50.5 Å². The summed E-state index contributed by atoms with van der Waals surface area (Å²) in [5.41, 5.74) is -0.848. The molecule has 7 aromatic rings. The van der Waals surface area contributed by atoms with Crippen LogP contribution >= 0.6 is 0 Å². The van der Waals surface area contributed by atoms with Crippen molar-refractivity contribution in [3.05, 3.63) is 126 Å². The smallest absolute Gasteiger partial charge is 0.744 e. The van der Waals surface area contributed by atoms with E-state index in [9.17, 15) is 63.5 Å². The second-order valence-corrected chi connectivity index (χ2v) is 18.2. The van der Waals surface area contributed by atoms with Gasteiger partial charge in [-0.1, -0.05) is 10.8 Å². The van der Waals surface area contributed by atoms with Gasteiger partial charge >= 0.3 is 148 Å². The van der Waals surface area contributed by atoms with Gasteiger partial charge in [-0.3, -0.25) is 9.59 Å². The second kappa shape index (κ2) is 29.0. The number of aromatic hydroxyl groups is 1. The Hall–Kier alpha value is -3.60. The Morgan fingerprint density at radius 1 is 0.671 bits per heavy atom. The van der Waals surface area contributed by atoms with Crippen LogP contribution in [-0.2, 0) is 35.4 Å². The Bertz CT molecular complexity index is 3780. The zero-order valence-electron chi connectivity index (χ0n) is 41.1. The molecule has 0 spiro atoms. The SMILES string of the molecule is CCOc1cc(N=Nc2ccc(NC(=O)c3ccc(N=Nc4ccc(O)c(C(=O)[O-])c4)cc3)cc2)c2c[c-]ccc2c1N=Nc1c(S(=O)(=O)[O-])cc2cc(S(=O)(=O)[O-])cc(NC(C)=O)c2c1OS(=O)(=O)[O-].[Na+].[Na+].[Na+].[Na+].[Na+]. The molecule has 3 N–H and O–H groups in total. The normalized spacial score (nSPS) is 11.4. The van der Waals surface area contributed by atoms with Crippen LogP contribution in [0.25, 0.3) is 21.5 Å². The van der Waals surface area contributed by atoms with E-state index in [1.807, 2.05) is 0 Å². The van der Waals surface area contributed by atoms with E-state index in [4.69, 9.17) is 4.74 Å². The fraction of sp³-hybridized carbons (Fsp3) is 0.0682. The Morgan fingerprint density at radius 3 is 1.84 bits per heavy atom. The van der Waals surface area contributed by atoms with Crippen LogP contribution in [0.1, 0.15) is 34.6 Å². The molecule has 0 aliphatic rings. The molecule has 2 amide bonds. The van der Waals surface area contributed by atoms with Gasteiger partial charge in [-0.15, -0.1) is 10.2 Å². The third kappa shape index (κ3) is 17.4. The standard InChI is InChI=1S/C44H33N8O16S3.5Na/c1-3-67-37-22-34(50-48-28-14-12-26(13-15-28)46-43(55)24-8-10-27(11-9-24)47-49-29-16-17-36(54)33(20-29)44(56)57)31-6-4-5-7-32(31)40(37)51-52-41-38(70(61,62)63)19-25-18-30(69(58,59)60)21-35(45-23(2)53)39(25)42(41)68-71(64,65)66;;;;;/h5-22,54H,3H2,1-2H3,(H,45,53)(H,46,55)(H,56,57)(H,58,59,60)(H,61,62,63)(H,64,65,66);;;;;/q-1;5*+1/p-4. The van der Waals surface area contributed by atoms with Crippen molar-refractivity contribution in [2.75, 3.05) is 17.2 Å². The van der Waals surface area contributed by atoms with Crippen LogP contribution in [0.15, 0.2) is 150 Å². The third-order valence-corrected chi connectivity index (χ3v) is 11.6. The third-order valence-electron chi connectivity index (χ3n) is 9.61. The molecule has 0 saturated heterocycles. The number of nitrogens with zero attached hydrogens (tertiary/aromatic N) is 6. The Morgan fingerprint density at radius 2 is 1.26 bits per heavy atom. The summed E-state index contributed by atoms with van der Waals surface area (Å²) in [7, 11) is -16.9. The van der Waals surface area contributed by atoms with E-state index >= 15 is 0 Å². The number of nitrogens with one attached hydrogen (secondary N) is 2. The maximum absolute atomic E-state index is 13.0. The summed E-state index contributed by atoms with van der Waals surface area (Å²) in [5.74, 6) is -4.80. The largest absolute Gasteiger partial charge is 1.00 e. The fourth-order valence-corrected chi connectivity index (χ4v) is 8.16. The number of aromatic carboxylic acids is 1. The number of hydrogen-bond donors (Lipinski definition) is 3. The zero-order chi connectivity index (χ0) is 51.4. The van der Waals surface area contributed by atoms with Gasteiger partial charge in [0.2, 0.25) is 5.91 Å². The van der Waals surface area contributed by atoms with Crippen molar-refractivity contribution in [2.45, 2.75) is 23.6 Å². The molecule has 364 valence electrons. The monoisotopic (exact) mass is 1140 g/mol. The molecule has 7 rings (SSSR count). The summed E-state index contributed by atoms with van der Waals surface area (Å²) in [6, 6.07) is 26.1. The Labute approximate surface area is 543 Å². The average Bonchev–Trinajstić information content (AvgIpc) is 3.29.